The highest BCUT2D eigenvalue weighted by Gasteiger charge is 2.18. The van der Waals surface area contributed by atoms with Gasteiger partial charge in [0.1, 0.15) is 5.75 Å². The van der Waals surface area contributed by atoms with E-state index in [0.29, 0.717) is 49.1 Å². The first kappa shape index (κ1) is 23.8. The van der Waals surface area contributed by atoms with Crippen molar-refractivity contribution >= 4 is 40.6 Å². The molecule has 170 valence electrons. The van der Waals surface area contributed by atoms with Gasteiger partial charge >= 0.3 is 0 Å². The summed E-state index contributed by atoms with van der Waals surface area (Å²) in [6.07, 6.45) is 1.48. The zero-order valence-electron chi connectivity index (χ0n) is 17.6. The quantitative estimate of drug-likeness (QED) is 0.290. The highest BCUT2D eigenvalue weighted by Crippen LogP contribution is 2.27. The monoisotopic (exact) mass is 553 g/mol. The molecule has 0 aliphatic carbocycles. The minimum Gasteiger partial charge on any atom is -0.493 e. The zero-order chi connectivity index (χ0) is 22.8. The Hall–Kier alpha value is -2.86. The van der Waals surface area contributed by atoms with Crippen LogP contribution in [0.1, 0.15) is 5.56 Å². The van der Waals surface area contributed by atoms with Gasteiger partial charge in [0.2, 0.25) is 0 Å². The summed E-state index contributed by atoms with van der Waals surface area (Å²) in [5.74, 6) is 1.06. The molecule has 3 rings (SSSR count). The Morgan fingerprint density at radius 3 is 2.59 bits per heavy atom. The van der Waals surface area contributed by atoms with E-state index >= 15 is 0 Å². The van der Waals surface area contributed by atoms with Crippen molar-refractivity contribution < 1.29 is 28.5 Å². The first-order valence-corrected chi connectivity index (χ1v) is 11.0. The third-order valence-electron chi connectivity index (χ3n) is 4.50. The first-order valence-electron chi connectivity index (χ1n) is 9.92. The molecule has 1 fully saturated rings. The SMILES string of the molecule is COc1cc(/C=N/NC(=O)COc2ccccc2I)ccc1OCC(=O)N1CCOCC1. The molecule has 9 nitrogen and oxygen atoms in total. The predicted molar refractivity (Wildman–Crippen MR) is 126 cm³/mol. The molecule has 0 radical (unpaired) electrons. The molecule has 1 N–H and O–H groups in total. The molecule has 10 heteroatoms. The molecule has 0 spiro atoms. The lowest BCUT2D eigenvalue weighted by molar-refractivity contribution is -0.137. The highest BCUT2D eigenvalue weighted by atomic mass is 127. The normalized spacial score (nSPS) is 13.6. The average Bonchev–Trinajstić information content (AvgIpc) is 2.83. The minimum absolute atomic E-state index is 0.0831. The van der Waals surface area contributed by atoms with Crippen molar-refractivity contribution in [3.63, 3.8) is 0 Å². The molecule has 2 amide bonds. The van der Waals surface area contributed by atoms with E-state index in [1.165, 1.54) is 13.3 Å². The number of halogens is 1. The number of amides is 2. The van der Waals surface area contributed by atoms with Crippen molar-refractivity contribution in [2.24, 2.45) is 5.10 Å². The van der Waals surface area contributed by atoms with Crippen LogP contribution in [0.3, 0.4) is 0 Å². The van der Waals surface area contributed by atoms with Crippen LogP contribution in [0.4, 0.5) is 0 Å². The van der Waals surface area contributed by atoms with Gasteiger partial charge in [0.05, 0.1) is 30.1 Å². The van der Waals surface area contributed by atoms with E-state index < -0.39 is 0 Å². The summed E-state index contributed by atoms with van der Waals surface area (Å²) in [7, 11) is 1.51. The number of nitrogens with zero attached hydrogens (tertiary/aromatic N) is 2. The first-order chi connectivity index (χ1) is 15.6. The second kappa shape index (κ2) is 12.2. The van der Waals surface area contributed by atoms with Crippen LogP contribution in [0.15, 0.2) is 47.6 Å². The maximum atomic E-state index is 12.2. The van der Waals surface area contributed by atoms with E-state index in [9.17, 15) is 9.59 Å². The summed E-state index contributed by atoms with van der Waals surface area (Å²) in [4.78, 5) is 25.9. The average molecular weight is 553 g/mol. The van der Waals surface area contributed by atoms with E-state index in [4.69, 9.17) is 18.9 Å². The molecular formula is C22H24IN3O6. The summed E-state index contributed by atoms with van der Waals surface area (Å²) in [6, 6.07) is 12.6. The van der Waals surface area contributed by atoms with Gasteiger partial charge in [-0.2, -0.15) is 5.10 Å². The third kappa shape index (κ3) is 7.09. The van der Waals surface area contributed by atoms with Gasteiger partial charge in [-0.1, -0.05) is 12.1 Å². The van der Waals surface area contributed by atoms with Crippen LogP contribution in [0, 0.1) is 3.57 Å². The van der Waals surface area contributed by atoms with Gasteiger partial charge in [-0.15, -0.1) is 0 Å². The summed E-state index contributed by atoms with van der Waals surface area (Å²) < 4.78 is 22.6. The van der Waals surface area contributed by atoms with Gasteiger partial charge < -0.3 is 23.8 Å². The van der Waals surface area contributed by atoms with Crippen molar-refractivity contribution in [2.45, 2.75) is 0 Å². The number of benzene rings is 2. The van der Waals surface area contributed by atoms with E-state index in [1.807, 2.05) is 18.2 Å². The number of carbonyl (C=O) groups is 2. The minimum atomic E-state index is -0.380. The summed E-state index contributed by atoms with van der Waals surface area (Å²) >= 11 is 2.14. The van der Waals surface area contributed by atoms with E-state index in [0.717, 1.165) is 3.57 Å². The number of ether oxygens (including phenoxy) is 4. The molecule has 0 bridgehead atoms. The van der Waals surface area contributed by atoms with Crippen LogP contribution >= 0.6 is 22.6 Å². The topological polar surface area (TPSA) is 98.7 Å². The number of hydrogen-bond donors (Lipinski definition) is 1. The number of hydrogen-bond acceptors (Lipinski definition) is 7. The van der Waals surface area contributed by atoms with Crippen LogP contribution in [-0.2, 0) is 14.3 Å². The summed E-state index contributed by atoms with van der Waals surface area (Å²) in [5.41, 5.74) is 3.11. The Labute approximate surface area is 199 Å². The number of methoxy groups -OCH3 is 1. The summed E-state index contributed by atoms with van der Waals surface area (Å²) in [6.45, 7) is 1.98. The fourth-order valence-electron chi connectivity index (χ4n) is 2.84. The molecule has 0 saturated carbocycles. The molecule has 32 heavy (non-hydrogen) atoms. The zero-order valence-corrected chi connectivity index (χ0v) is 19.7. The Kier molecular flexibility index (Phi) is 9.11. The standard InChI is InChI=1S/C22H24IN3O6/c1-29-20-12-16(6-7-19(20)32-15-22(28)26-8-10-30-11-9-26)13-24-25-21(27)14-31-18-5-3-2-4-17(18)23/h2-7,12-13H,8-11,14-15H2,1H3,(H,25,27)/b24-13+. The van der Waals surface area contributed by atoms with Crippen LogP contribution in [0.25, 0.3) is 0 Å². The fourth-order valence-corrected chi connectivity index (χ4v) is 3.39. The molecule has 0 atom stereocenters. The Balaban J connectivity index is 1.49. The Morgan fingerprint density at radius 1 is 1.09 bits per heavy atom. The van der Waals surface area contributed by atoms with Gasteiger partial charge in [-0.25, -0.2) is 5.43 Å². The Morgan fingerprint density at radius 2 is 1.84 bits per heavy atom. The smallest absolute Gasteiger partial charge is 0.277 e. The molecular weight excluding hydrogens is 529 g/mol. The van der Waals surface area contributed by atoms with Crippen LogP contribution in [0.5, 0.6) is 17.2 Å². The molecule has 1 aliphatic rings. The van der Waals surface area contributed by atoms with Crippen LogP contribution in [-0.4, -0.2) is 69.6 Å². The second-order valence-corrected chi connectivity index (χ2v) is 7.87. The second-order valence-electron chi connectivity index (χ2n) is 6.70. The highest BCUT2D eigenvalue weighted by molar-refractivity contribution is 14.1. The Bertz CT molecular complexity index is 962. The molecule has 1 aliphatic heterocycles. The molecule has 2 aromatic carbocycles. The van der Waals surface area contributed by atoms with Crippen molar-refractivity contribution in [3.05, 3.63) is 51.6 Å². The molecule has 1 saturated heterocycles. The number of morpholine rings is 1. The van der Waals surface area contributed by atoms with Gasteiger partial charge in [-0.05, 0) is 58.5 Å². The third-order valence-corrected chi connectivity index (χ3v) is 5.39. The molecule has 1 heterocycles. The van der Waals surface area contributed by atoms with Crippen molar-refractivity contribution in [1.29, 1.82) is 0 Å². The lowest BCUT2D eigenvalue weighted by atomic mass is 10.2. The molecule has 2 aromatic rings. The van der Waals surface area contributed by atoms with Gasteiger partial charge in [0.15, 0.2) is 24.7 Å². The number of hydrazone groups is 1. The lowest BCUT2D eigenvalue weighted by Crippen LogP contribution is -2.43. The number of para-hydroxylation sites is 1. The fraction of sp³-hybridized carbons (Fsp3) is 0.318. The lowest BCUT2D eigenvalue weighted by Gasteiger charge is -2.26. The van der Waals surface area contributed by atoms with Crippen molar-refractivity contribution in [1.82, 2.24) is 10.3 Å². The van der Waals surface area contributed by atoms with Crippen LogP contribution < -0.4 is 19.6 Å². The molecule has 0 unspecified atom stereocenters. The predicted octanol–water partition coefficient (Wildman–Crippen LogP) is 2.07. The maximum absolute atomic E-state index is 12.2. The van der Waals surface area contributed by atoms with E-state index in [1.54, 1.807) is 29.2 Å². The number of nitrogens with one attached hydrogen (secondary N) is 1. The van der Waals surface area contributed by atoms with E-state index in [2.05, 4.69) is 33.1 Å². The number of rotatable bonds is 9. The van der Waals surface area contributed by atoms with Gasteiger partial charge in [-0.3, -0.25) is 9.59 Å². The van der Waals surface area contributed by atoms with Crippen LogP contribution in [0.2, 0.25) is 0 Å². The van der Waals surface area contributed by atoms with Gasteiger partial charge in [0.25, 0.3) is 11.8 Å². The number of carbonyl (C=O) groups excluding carboxylic acids is 2. The van der Waals surface area contributed by atoms with Gasteiger partial charge in [0, 0.05) is 13.1 Å². The van der Waals surface area contributed by atoms with E-state index in [-0.39, 0.29) is 25.0 Å². The largest absolute Gasteiger partial charge is 0.493 e. The van der Waals surface area contributed by atoms with Crippen molar-refractivity contribution in [2.75, 3.05) is 46.6 Å². The maximum Gasteiger partial charge on any atom is 0.277 e. The van der Waals surface area contributed by atoms with Crippen molar-refractivity contribution in [3.8, 4) is 17.2 Å². The molecule has 0 aromatic heterocycles. The summed E-state index contributed by atoms with van der Waals surface area (Å²) in [5, 5.41) is 3.94.